The molecule has 3 aromatic rings. The summed E-state index contributed by atoms with van der Waals surface area (Å²) in [5.74, 6) is 1.36. The minimum Gasteiger partial charge on any atom is -0.324 e. The Hall–Kier alpha value is -2.32. The summed E-state index contributed by atoms with van der Waals surface area (Å²) in [6.07, 6.45) is -2.71. The second-order valence-electron chi connectivity index (χ2n) is 6.04. The largest absolute Gasteiger partial charge is 0.435 e. The van der Waals surface area contributed by atoms with Crippen molar-refractivity contribution in [3.8, 4) is 5.82 Å². The van der Waals surface area contributed by atoms with Gasteiger partial charge in [-0.05, 0) is 37.6 Å². The first kappa shape index (κ1) is 18.1. The molecular weight excluding hydrogens is 402 g/mol. The zero-order valence-electron chi connectivity index (χ0n) is 13.9. The van der Waals surface area contributed by atoms with Crippen molar-refractivity contribution < 1.29 is 13.2 Å². The van der Waals surface area contributed by atoms with Crippen LogP contribution in [-0.4, -0.2) is 26.3 Å². The van der Waals surface area contributed by atoms with Crippen molar-refractivity contribution in [3.05, 3.63) is 57.6 Å². The smallest absolute Gasteiger partial charge is 0.324 e. The SMILES string of the molecule is Cc1nc2c(c(-n3ccc(C(F)(F)F)n3)n1)CCN2c1ccc(Cl)cc1Cl. The third kappa shape index (κ3) is 3.23. The van der Waals surface area contributed by atoms with Crippen LogP contribution in [-0.2, 0) is 12.6 Å². The Balaban J connectivity index is 1.81. The van der Waals surface area contributed by atoms with E-state index in [4.69, 9.17) is 23.2 Å². The molecule has 2 aromatic heterocycles. The summed E-state index contributed by atoms with van der Waals surface area (Å²) in [5, 5.41) is 4.61. The summed E-state index contributed by atoms with van der Waals surface area (Å²) < 4.78 is 39.8. The topological polar surface area (TPSA) is 46.8 Å². The van der Waals surface area contributed by atoms with Crippen molar-refractivity contribution >= 4 is 34.7 Å². The molecule has 1 aliphatic heterocycles. The third-order valence-electron chi connectivity index (χ3n) is 4.21. The molecule has 5 nitrogen and oxygen atoms in total. The maximum atomic E-state index is 12.9. The summed E-state index contributed by atoms with van der Waals surface area (Å²) in [6.45, 7) is 2.24. The third-order valence-corrected chi connectivity index (χ3v) is 4.75. The van der Waals surface area contributed by atoms with E-state index in [9.17, 15) is 13.2 Å². The van der Waals surface area contributed by atoms with Gasteiger partial charge in [0.2, 0.25) is 0 Å². The van der Waals surface area contributed by atoms with Gasteiger partial charge >= 0.3 is 6.18 Å². The molecule has 0 N–H and O–H groups in total. The highest BCUT2D eigenvalue weighted by atomic mass is 35.5. The van der Waals surface area contributed by atoms with Crippen molar-refractivity contribution in [2.24, 2.45) is 0 Å². The van der Waals surface area contributed by atoms with Gasteiger partial charge in [0.25, 0.3) is 0 Å². The number of anilines is 2. The highest BCUT2D eigenvalue weighted by Crippen LogP contribution is 2.39. The Kier molecular flexibility index (Phi) is 4.27. The maximum Gasteiger partial charge on any atom is 0.435 e. The first-order chi connectivity index (χ1) is 12.7. The van der Waals surface area contributed by atoms with Gasteiger partial charge < -0.3 is 4.90 Å². The van der Waals surface area contributed by atoms with Gasteiger partial charge in [0.05, 0.1) is 10.7 Å². The molecule has 0 aliphatic carbocycles. The van der Waals surface area contributed by atoms with Crippen LogP contribution in [0.4, 0.5) is 24.7 Å². The molecule has 3 heterocycles. The molecule has 1 aromatic carbocycles. The number of aryl methyl sites for hydroxylation is 1. The molecule has 0 atom stereocenters. The molecule has 0 fully saturated rings. The maximum absolute atomic E-state index is 12.9. The molecule has 4 rings (SSSR count). The van der Waals surface area contributed by atoms with Crippen LogP contribution in [0.3, 0.4) is 0 Å². The fraction of sp³-hybridized carbons (Fsp3) is 0.235. The summed E-state index contributed by atoms with van der Waals surface area (Å²) >= 11 is 12.3. The van der Waals surface area contributed by atoms with Crippen molar-refractivity contribution in [3.63, 3.8) is 0 Å². The Morgan fingerprint density at radius 1 is 1.07 bits per heavy atom. The number of fused-ring (bicyclic) bond motifs is 1. The van der Waals surface area contributed by atoms with Gasteiger partial charge in [-0.15, -0.1) is 0 Å². The van der Waals surface area contributed by atoms with E-state index in [1.54, 1.807) is 25.1 Å². The zero-order valence-corrected chi connectivity index (χ0v) is 15.4. The molecule has 0 saturated carbocycles. The Labute approximate surface area is 162 Å². The zero-order chi connectivity index (χ0) is 19.3. The first-order valence-electron chi connectivity index (χ1n) is 7.97. The quantitative estimate of drug-likeness (QED) is 0.593. The normalized spacial score (nSPS) is 13.9. The number of nitrogens with zero attached hydrogens (tertiary/aromatic N) is 5. The van der Waals surface area contributed by atoms with Crippen LogP contribution in [0.2, 0.25) is 10.0 Å². The molecule has 0 bridgehead atoms. The lowest BCUT2D eigenvalue weighted by atomic mass is 10.2. The van der Waals surface area contributed by atoms with Gasteiger partial charge in [0, 0.05) is 23.3 Å². The lowest BCUT2D eigenvalue weighted by Gasteiger charge is -2.20. The number of hydrogen-bond acceptors (Lipinski definition) is 4. The van der Waals surface area contributed by atoms with E-state index in [0.29, 0.717) is 46.0 Å². The highest BCUT2D eigenvalue weighted by Gasteiger charge is 2.35. The van der Waals surface area contributed by atoms with Crippen molar-refractivity contribution in [2.75, 3.05) is 11.4 Å². The number of alkyl halides is 3. The molecular formula is C17H12Cl2F3N5. The van der Waals surface area contributed by atoms with Crippen molar-refractivity contribution in [2.45, 2.75) is 19.5 Å². The number of rotatable bonds is 2. The van der Waals surface area contributed by atoms with E-state index >= 15 is 0 Å². The molecule has 1 aliphatic rings. The number of aromatic nitrogens is 4. The standard InChI is InChI=1S/C17H12Cl2F3N5/c1-9-23-15-11(4-6-26(15)13-3-2-10(18)8-12(13)19)16(24-9)27-7-5-14(25-27)17(20,21)22/h2-3,5,7-8H,4,6H2,1H3. The van der Waals surface area contributed by atoms with Crippen LogP contribution in [0.25, 0.3) is 5.82 Å². The van der Waals surface area contributed by atoms with Gasteiger partial charge in [-0.2, -0.15) is 18.3 Å². The van der Waals surface area contributed by atoms with Crippen LogP contribution in [0.5, 0.6) is 0 Å². The highest BCUT2D eigenvalue weighted by molar-refractivity contribution is 6.36. The van der Waals surface area contributed by atoms with E-state index < -0.39 is 11.9 Å². The minimum absolute atomic E-state index is 0.334. The molecule has 0 saturated heterocycles. The van der Waals surface area contributed by atoms with Crippen LogP contribution < -0.4 is 4.90 Å². The summed E-state index contributed by atoms with van der Waals surface area (Å²) in [7, 11) is 0. The van der Waals surface area contributed by atoms with Gasteiger partial charge in [-0.3, -0.25) is 0 Å². The molecule has 27 heavy (non-hydrogen) atoms. The van der Waals surface area contributed by atoms with E-state index in [1.807, 2.05) is 4.90 Å². The Morgan fingerprint density at radius 2 is 1.81 bits per heavy atom. The molecule has 0 amide bonds. The summed E-state index contributed by atoms with van der Waals surface area (Å²) in [5.41, 5.74) is 0.465. The van der Waals surface area contributed by atoms with E-state index in [2.05, 4.69) is 15.1 Å². The van der Waals surface area contributed by atoms with Gasteiger partial charge in [-0.25, -0.2) is 14.6 Å². The monoisotopic (exact) mass is 413 g/mol. The molecule has 0 unspecified atom stereocenters. The molecule has 0 radical (unpaired) electrons. The minimum atomic E-state index is -4.51. The molecule has 10 heteroatoms. The lowest BCUT2D eigenvalue weighted by molar-refractivity contribution is -0.141. The fourth-order valence-electron chi connectivity index (χ4n) is 3.06. The molecule has 140 valence electrons. The number of benzene rings is 1. The van der Waals surface area contributed by atoms with Gasteiger partial charge in [0.1, 0.15) is 11.6 Å². The van der Waals surface area contributed by atoms with Crippen molar-refractivity contribution in [1.82, 2.24) is 19.7 Å². The van der Waals surface area contributed by atoms with Crippen LogP contribution in [0.1, 0.15) is 17.1 Å². The van der Waals surface area contributed by atoms with Gasteiger partial charge in [0.15, 0.2) is 11.5 Å². The Bertz CT molecular complexity index is 1030. The van der Waals surface area contributed by atoms with E-state index in [1.165, 1.54) is 6.20 Å². The molecule has 0 spiro atoms. The number of halogens is 5. The lowest BCUT2D eigenvalue weighted by Crippen LogP contribution is -2.15. The first-order valence-corrected chi connectivity index (χ1v) is 8.73. The Morgan fingerprint density at radius 3 is 2.48 bits per heavy atom. The summed E-state index contributed by atoms with van der Waals surface area (Å²) in [6, 6.07) is 6.06. The average Bonchev–Trinajstić information content (AvgIpc) is 3.21. The predicted molar refractivity (Wildman–Crippen MR) is 96.1 cm³/mol. The van der Waals surface area contributed by atoms with Crippen molar-refractivity contribution in [1.29, 1.82) is 0 Å². The van der Waals surface area contributed by atoms with Crippen LogP contribution >= 0.6 is 23.2 Å². The average molecular weight is 414 g/mol. The summed E-state index contributed by atoms with van der Waals surface area (Å²) in [4.78, 5) is 10.7. The fourth-order valence-corrected chi connectivity index (χ4v) is 3.57. The second kappa shape index (κ2) is 6.38. The van der Waals surface area contributed by atoms with Crippen LogP contribution in [0, 0.1) is 6.92 Å². The number of hydrogen-bond donors (Lipinski definition) is 0. The van der Waals surface area contributed by atoms with E-state index in [-0.39, 0.29) is 0 Å². The van der Waals surface area contributed by atoms with Gasteiger partial charge in [-0.1, -0.05) is 23.2 Å². The van der Waals surface area contributed by atoms with Crippen LogP contribution in [0.15, 0.2) is 30.5 Å². The second-order valence-corrected chi connectivity index (χ2v) is 6.88. The van der Waals surface area contributed by atoms with E-state index in [0.717, 1.165) is 16.4 Å². The predicted octanol–water partition coefficient (Wildman–Crippen LogP) is 4.99.